The van der Waals surface area contributed by atoms with Crippen LogP contribution in [0.1, 0.15) is 22.3 Å². The number of nitrogens with zero attached hydrogens (tertiary/aromatic N) is 4. The van der Waals surface area contributed by atoms with Crippen LogP contribution >= 0.6 is 11.3 Å². The van der Waals surface area contributed by atoms with Gasteiger partial charge in [-0.3, -0.25) is 9.59 Å². The lowest BCUT2D eigenvalue weighted by Gasteiger charge is -1.99. The third kappa shape index (κ3) is 3.81. The number of fused-ring (bicyclic) bond motifs is 1. The molecule has 2 aromatic carbocycles. The zero-order valence-electron chi connectivity index (χ0n) is 15.1. The molecule has 0 amide bonds. The van der Waals surface area contributed by atoms with Gasteiger partial charge < -0.3 is 4.42 Å². The lowest BCUT2D eigenvalue weighted by molar-refractivity contribution is 0.101. The average molecular weight is 408 g/mol. The topological polar surface area (TPSA) is 89.8 Å². The monoisotopic (exact) mass is 408 g/mol. The molecule has 0 aliphatic carbocycles. The minimum absolute atomic E-state index is 0.116. The summed E-state index contributed by atoms with van der Waals surface area (Å²) in [4.78, 5) is 24.5. The normalized spacial score (nSPS) is 12.1. The Morgan fingerprint density at radius 3 is 2.79 bits per heavy atom. The van der Waals surface area contributed by atoms with Crippen molar-refractivity contribution >= 4 is 34.3 Å². The molecule has 4 rings (SSSR count). The lowest BCUT2D eigenvalue weighted by Crippen LogP contribution is -2.14. The Kier molecular flexibility index (Phi) is 4.96. The number of hydrogen-bond donors (Lipinski definition) is 0. The van der Waals surface area contributed by atoms with Crippen molar-refractivity contribution < 1.29 is 13.6 Å². The predicted octanol–water partition coefficient (Wildman–Crippen LogP) is 3.32. The highest BCUT2D eigenvalue weighted by Gasteiger charge is 2.10. The van der Waals surface area contributed by atoms with E-state index in [0.717, 1.165) is 17.4 Å². The Hall–Kier alpha value is -3.72. The van der Waals surface area contributed by atoms with Crippen molar-refractivity contribution in [3.05, 3.63) is 86.2 Å². The highest BCUT2D eigenvalue weighted by molar-refractivity contribution is 7.10. The predicted molar refractivity (Wildman–Crippen MR) is 107 cm³/mol. The first kappa shape index (κ1) is 18.6. The molecule has 0 spiro atoms. The van der Waals surface area contributed by atoms with Gasteiger partial charge in [-0.05, 0) is 30.3 Å². The van der Waals surface area contributed by atoms with Crippen molar-refractivity contribution in [2.24, 2.45) is 10.2 Å². The van der Waals surface area contributed by atoms with Crippen LogP contribution in [0.15, 0.2) is 74.2 Å². The molecule has 144 valence electrons. The van der Waals surface area contributed by atoms with E-state index in [-0.39, 0.29) is 27.3 Å². The number of carbonyl (C=O) groups is 1. The van der Waals surface area contributed by atoms with Gasteiger partial charge in [0.2, 0.25) is 10.2 Å². The molecule has 0 saturated carbocycles. The highest BCUT2D eigenvalue weighted by atomic mass is 32.1. The van der Waals surface area contributed by atoms with Crippen LogP contribution in [0.3, 0.4) is 0 Å². The van der Waals surface area contributed by atoms with E-state index in [1.807, 2.05) is 30.3 Å². The fourth-order valence-electron chi connectivity index (χ4n) is 2.57. The van der Waals surface area contributed by atoms with Gasteiger partial charge >= 0.3 is 0 Å². The van der Waals surface area contributed by atoms with Crippen LogP contribution in [-0.2, 0) is 0 Å². The number of aromatic nitrogens is 2. The maximum absolute atomic E-state index is 13.4. The van der Waals surface area contributed by atoms with Crippen LogP contribution in [-0.4, -0.2) is 21.8 Å². The first-order valence-electron chi connectivity index (χ1n) is 8.47. The quantitative estimate of drug-likeness (QED) is 0.294. The van der Waals surface area contributed by atoms with Gasteiger partial charge in [-0.25, -0.2) is 9.07 Å². The molecule has 0 bridgehead atoms. The van der Waals surface area contributed by atoms with Crippen molar-refractivity contribution in [1.82, 2.24) is 9.78 Å². The van der Waals surface area contributed by atoms with Crippen molar-refractivity contribution in [2.45, 2.75) is 6.92 Å². The molecule has 0 saturated heterocycles. The van der Waals surface area contributed by atoms with Crippen LogP contribution in [0.2, 0.25) is 0 Å². The van der Waals surface area contributed by atoms with E-state index < -0.39 is 11.2 Å². The Balaban J connectivity index is 1.77. The van der Waals surface area contributed by atoms with E-state index in [4.69, 9.17) is 4.42 Å². The molecule has 2 heterocycles. The SMILES string of the molecule is CC(=O)c1nn(-c2ccccc2)/c(=N\N=C\c2coc3ccc(F)cc3c2=O)s1. The summed E-state index contributed by atoms with van der Waals surface area (Å²) in [5, 5.41) is 12.7. The van der Waals surface area contributed by atoms with Gasteiger partial charge in [0.25, 0.3) is 0 Å². The smallest absolute Gasteiger partial charge is 0.233 e. The Bertz CT molecular complexity index is 1370. The summed E-state index contributed by atoms with van der Waals surface area (Å²) in [7, 11) is 0. The molecule has 0 fully saturated rings. The summed E-state index contributed by atoms with van der Waals surface area (Å²) in [5.74, 6) is -0.726. The number of rotatable bonds is 4. The van der Waals surface area contributed by atoms with E-state index in [9.17, 15) is 14.0 Å². The van der Waals surface area contributed by atoms with Gasteiger partial charge in [0.15, 0.2) is 10.8 Å². The highest BCUT2D eigenvalue weighted by Crippen LogP contribution is 2.12. The molecule has 0 unspecified atom stereocenters. The van der Waals surface area contributed by atoms with E-state index >= 15 is 0 Å². The standard InChI is InChI=1S/C20H13FN4O3S/c1-12(26)19-24-25(15-5-3-2-4-6-15)20(29-19)23-22-10-13-11-28-17-8-7-14(21)9-16(17)18(13)27/h2-11H,1H3/b22-10+,23-20+. The van der Waals surface area contributed by atoms with Crippen molar-refractivity contribution in [2.75, 3.05) is 0 Å². The van der Waals surface area contributed by atoms with Crippen LogP contribution in [0.4, 0.5) is 4.39 Å². The molecular weight excluding hydrogens is 395 g/mol. The van der Waals surface area contributed by atoms with E-state index in [1.165, 1.54) is 36.2 Å². The van der Waals surface area contributed by atoms with E-state index in [0.29, 0.717) is 10.5 Å². The van der Waals surface area contributed by atoms with Gasteiger partial charge in [0, 0.05) is 6.92 Å². The molecule has 0 atom stereocenters. The maximum atomic E-state index is 13.4. The van der Waals surface area contributed by atoms with E-state index in [1.54, 1.807) is 0 Å². The lowest BCUT2D eigenvalue weighted by atomic mass is 10.2. The zero-order valence-corrected chi connectivity index (χ0v) is 15.9. The molecule has 7 nitrogen and oxygen atoms in total. The van der Waals surface area contributed by atoms with Crippen molar-refractivity contribution in [3.8, 4) is 5.69 Å². The van der Waals surface area contributed by atoms with Crippen LogP contribution < -0.4 is 10.2 Å². The average Bonchev–Trinajstić information content (AvgIpc) is 3.15. The van der Waals surface area contributed by atoms with Crippen LogP contribution in [0.5, 0.6) is 0 Å². The first-order chi connectivity index (χ1) is 14.0. The van der Waals surface area contributed by atoms with Gasteiger partial charge in [0.1, 0.15) is 17.7 Å². The second-order valence-corrected chi connectivity index (χ2v) is 6.95. The van der Waals surface area contributed by atoms with Crippen molar-refractivity contribution in [3.63, 3.8) is 0 Å². The zero-order chi connectivity index (χ0) is 20.4. The summed E-state index contributed by atoms with van der Waals surface area (Å²) < 4.78 is 20.3. The van der Waals surface area contributed by atoms with Gasteiger partial charge in [-0.2, -0.15) is 10.2 Å². The number of ketones is 1. The summed E-state index contributed by atoms with van der Waals surface area (Å²) in [6.07, 6.45) is 2.46. The van der Waals surface area contributed by atoms with E-state index in [2.05, 4.69) is 15.3 Å². The Labute approximate surface area is 167 Å². The molecule has 0 aliphatic rings. The molecule has 0 aliphatic heterocycles. The van der Waals surface area contributed by atoms with Crippen LogP contribution in [0.25, 0.3) is 16.7 Å². The molecule has 0 N–H and O–H groups in total. The molecule has 29 heavy (non-hydrogen) atoms. The summed E-state index contributed by atoms with van der Waals surface area (Å²) >= 11 is 1.08. The molecule has 0 radical (unpaired) electrons. The summed E-state index contributed by atoms with van der Waals surface area (Å²) in [6, 6.07) is 12.9. The number of carbonyl (C=O) groups excluding carboxylic acids is 1. The molecule has 2 aromatic heterocycles. The van der Waals surface area contributed by atoms with Crippen LogP contribution in [0, 0.1) is 5.82 Å². The minimum atomic E-state index is -0.533. The molecule has 4 aromatic rings. The Morgan fingerprint density at radius 2 is 2.03 bits per heavy atom. The second-order valence-electron chi connectivity index (χ2n) is 6.00. The summed E-state index contributed by atoms with van der Waals surface area (Å²) in [5.41, 5.74) is 0.690. The number of halogens is 1. The number of hydrogen-bond acceptors (Lipinski definition) is 7. The fraction of sp³-hybridized carbons (Fsp3) is 0.0500. The Morgan fingerprint density at radius 1 is 1.24 bits per heavy atom. The maximum Gasteiger partial charge on any atom is 0.233 e. The largest absolute Gasteiger partial charge is 0.463 e. The fourth-order valence-corrected chi connectivity index (χ4v) is 3.33. The first-order valence-corrected chi connectivity index (χ1v) is 9.29. The molecular formula is C20H13FN4O3S. The van der Waals surface area contributed by atoms with Gasteiger partial charge in [-0.15, -0.1) is 5.10 Å². The third-order valence-electron chi connectivity index (χ3n) is 3.96. The number of para-hydroxylation sites is 1. The molecule has 9 heteroatoms. The second kappa shape index (κ2) is 7.72. The minimum Gasteiger partial charge on any atom is -0.463 e. The number of benzene rings is 2. The van der Waals surface area contributed by atoms with Gasteiger partial charge in [0.05, 0.1) is 22.9 Å². The van der Waals surface area contributed by atoms with Gasteiger partial charge in [-0.1, -0.05) is 29.5 Å². The number of Topliss-reactive ketones (excluding diaryl/α,β-unsaturated/α-hetero) is 1. The third-order valence-corrected chi connectivity index (χ3v) is 4.96. The summed E-state index contributed by atoms with van der Waals surface area (Å²) in [6.45, 7) is 1.42. The van der Waals surface area contributed by atoms with Crippen molar-refractivity contribution in [1.29, 1.82) is 0 Å².